The van der Waals surface area contributed by atoms with Crippen LogP contribution in [0.1, 0.15) is 24.0 Å². The number of aromatic nitrogens is 1. The minimum absolute atomic E-state index is 0.142. The first-order valence-corrected chi connectivity index (χ1v) is 12.8. The zero-order valence-corrected chi connectivity index (χ0v) is 19.8. The summed E-state index contributed by atoms with van der Waals surface area (Å²) in [4.78, 5) is 17.1. The molecule has 0 aliphatic carbocycles. The van der Waals surface area contributed by atoms with E-state index in [1.165, 1.54) is 10.4 Å². The van der Waals surface area contributed by atoms with Crippen molar-refractivity contribution < 1.29 is 22.4 Å². The van der Waals surface area contributed by atoms with E-state index in [0.29, 0.717) is 36.2 Å². The van der Waals surface area contributed by atoms with Crippen LogP contribution >= 0.6 is 0 Å². The van der Waals surface area contributed by atoms with Crippen LogP contribution in [0, 0.1) is 0 Å². The van der Waals surface area contributed by atoms with Crippen LogP contribution in [0.2, 0.25) is 0 Å². The number of amides is 1. The van der Waals surface area contributed by atoms with Crippen LogP contribution in [-0.2, 0) is 28.0 Å². The highest BCUT2D eigenvalue weighted by atomic mass is 32.2. The number of para-hydroxylation sites is 1. The number of fused-ring (bicyclic) bond motifs is 1. The minimum atomic E-state index is -3.94. The number of benzene rings is 2. The zero-order chi connectivity index (χ0) is 24.3. The van der Waals surface area contributed by atoms with Crippen LogP contribution in [0.25, 0.3) is 11.0 Å². The van der Waals surface area contributed by atoms with E-state index in [1.807, 2.05) is 42.5 Å². The van der Waals surface area contributed by atoms with Gasteiger partial charge in [-0.15, -0.1) is 0 Å². The largest absolute Gasteiger partial charge is 0.489 e. The maximum Gasteiger partial charge on any atom is 0.277 e. The molecule has 5 rings (SSSR count). The highest BCUT2D eigenvalue weighted by Gasteiger charge is 2.41. The molecule has 0 unspecified atom stereocenters. The molecule has 0 radical (unpaired) electrons. The van der Waals surface area contributed by atoms with E-state index in [1.54, 1.807) is 30.6 Å². The molecule has 8 nitrogen and oxygen atoms in total. The van der Waals surface area contributed by atoms with Crippen molar-refractivity contribution in [1.29, 1.82) is 0 Å². The van der Waals surface area contributed by atoms with Gasteiger partial charge in [0.1, 0.15) is 24.0 Å². The van der Waals surface area contributed by atoms with Gasteiger partial charge in [-0.1, -0.05) is 36.4 Å². The Kier molecular flexibility index (Phi) is 6.52. The molecule has 180 valence electrons. The molecule has 1 saturated heterocycles. The Labute approximate surface area is 203 Å². The number of nitrogens with zero attached hydrogens (tertiary/aromatic N) is 2. The zero-order valence-electron chi connectivity index (χ0n) is 19.0. The average molecular weight is 492 g/mol. The number of hydrogen-bond acceptors (Lipinski definition) is 6. The van der Waals surface area contributed by atoms with Crippen LogP contribution in [0.15, 0.2) is 88.6 Å². The molecule has 0 spiro atoms. The van der Waals surface area contributed by atoms with E-state index < -0.39 is 16.1 Å². The van der Waals surface area contributed by atoms with E-state index in [9.17, 15) is 13.2 Å². The molecular formula is C26H25N3O5S. The van der Waals surface area contributed by atoms with Gasteiger partial charge in [0.25, 0.3) is 10.0 Å². The Balaban J connectivity index is 1.23. The molecule has 2 aromatic heterocycles. The topological polar surface area (TPSA) is 102 Å². The lowest BCUT2D eigenvalue weighted by atomic mass is 10.2. The molecule has 35 heavy (non-hydrogen) atoms. The fraction of sp³-hybridized carbons (Fsp3) is 0.231. The number of hydrogen-bond donors (Lipinski definition) is 1. The summed E-state index contributed by atoms with van der Waals surface area (Å²) in [7, 11) is -3.94. The van der Waals surface area contributed by atoms with Crippen LogP contribution in [0.4, 0.5) is 0 Å². The van der Waals surface area contributed by atoms with Crippen LogP contribution in [0.5, 0.6) is 5.75 Å². The van der Waals surface area contributed by atoms with Gasteiger partial charge in [0.15, 0.2) is 0 Å². The smallest absolute Gasteiger partial charge is 0.277 e. The lowest BCUT2D eigenvalue weighted by Crippen LogP contribution is -2.45. The van der Waals surface area contributed by atoms with Crippen LogP contribution < -0.4 is 10.1 Å². The Bertz CT molecular complexity index is 1400. The molecular weight excluding hydrogens is 466 g/mol. The van der Waals surface area contributed by atoms with E-state index >= 15 is 0 Å². The molecule has 1 aliphatic rings. The summed E-state index contributed by atoms with van der Waals surface area (Å²) in [5.41, 5.74) is 2.31. The van der Waals surface area contributed by atoms with Gasteiger partial charge in [-0.05, 0) is 42.7 Å². The van der Waals surface area contributed by atoms with Gasteiger partial charge in [0.2, 0.25) is 11.0 Å². The molecule has 2 aromatic carbocycles. The SMILES string of the molecule is O=C(NCc1cccc(OCc2cccnc2)c1)[C@@H]1CCCN1S(=O)(=O)c1cc2ccccc2o1. The first-order chi connectivity index (χ1) is 17.0. The fourth-order valence-electron chi connectivity index (χ4n) is 4.19. The number of sulfonamides is 1. The summed E-state index contributed by atoms with van der Waals surface area (Å²) in [6.45, 7) is 0.924. The third-order valence-electron chi connectivity index (χ3n) is 5.97. The van der Waals surface area contributed by atoms with Gasteiger partial charge in [-0.25, -0.2) is 8.42 Å². The van der Waals surface area contributed by atoms with Crippen molar-refractivity contribution in [3.63, 3.8) is 0 Å². The Morgan fingerprint density at radius 2 is 1.94 bits per heavy atom. The summed E-state index contributed by atoms with van der Waals surface area (Å²) in [6, 6.07) is 19.1. The molecule has 1 aliphatic heterocycles. The van der Waals surface area contributed by atoms with Gasteiger partial charge >= 0.3 is 0 Å². The standard InChI is InChI=1S/C26H25N3O5S/c30-26(28-17-19-6-3-9-22(14-19)33-18-20-7-4-12-27-16-20)23-10-5-13-29(23)35(31,32)25-15-21-8-1-2-11-24(21)34-25/h1-4,6-9,11-12,14-16,23H,5,10,13,17-18H2,(H,28,30)/t23-/m0/s1. The number of nitrogens with one attached hydrogen (secondary N) is 1. The van der Waals surface area contributed by atoms with E-state index in [4.69, 9.17) is 9.15 Å². The first-order valence-electron chi connectivity index (χ1n) is 11.4. The Hall–Kier alpha value is -3.69. The summed E-state index contributed by atoms with van der Waals surface area (Å²) in [5.74, 6) is 0.347. The normalized spacial score (nSPS) is 16.4. The minimum Gasteiger partial charge on any atom is -0.489 e. The van der Waals surface area contributed by atoms with Crippen LogP contribution in [-0.4, -0.2) is 36.2 Å². The third-order valence-corrected chi connectivity index (χ3v) is 7.73. The lowest BCUT2D eigenvalue weighted by molar-refractivity contribution is -0.124. The van der Waals surface area contributed by atoms with Gasteiger partial charge < -0.3 is 14.5 Å². The molecule has 4 aromatic rings. The second-order valence-corrected chi connectivity index (χ2v) is 10.2. The third kappa shape index (κ3) is 5.06. The molecule has 1 amide bonds. The maximum absolute atomic E-state index is 13.3. The number of ether oxygens (including phenoxy) is 1. The summed E-state index contributed by atoms with van der Waals surface area (Å²) in [5, 5.41) is 3.44. The summed E-state index contributed by atoms with van der Waals surface area (Å²) in [6.07, 6.45) is 4.52. The molecule has 0 saturated carbocycles. The molecule has 0 bridgehead atoms. The summed E-state index contributed by atoms with van der Waals surface area (Å²) < 4.78 is 39.2. The Morgan fingerprint density at radius 3 is 2.77 bits per heavy atom. The monoisotopic (exact) mass is 491 g/mol. The second-order valence-electron chi connectivity index (χ2n) is 8.39. The molecule has 9 heteroatoms. The number of pyridine rings is 1. The Morgan fingerprint density at radius 1 is 1.09 bits per heavy atom. The van der Waals surface area contributed by atoms with Gasteiger partial charge in [-0.3, -0.25) is 9.78 Å². The van der Waals surface area contributed by atoms with Crippen molar-refractivity contribution in [2.75, 3.05) is 6.54 Å². The maximum atomic E-state index is 13.3. The van der Waals surface area contributed by atoms with Crippen molar-refractivity contribution in [3.8, 4) is 5.75 Å². The number of rotatable bonds is 8. The fourth-order valence-corrected chi connectivity index (χ4v) is 5.80. The van der Waals surface area contributed by atoms with Crippen LogP contribution in [0.3, 0.4) is 0 Å². The summed E-state index contributed by atoms with van der Waals surface area (Å²) >= 11 is 0. The van der Waals surface area contributed by atoms with Gasteiger partial charge in [-0.2, -0.15) is 4.31 Å². The van der Waals surface area contributed by atoms with Gasteiger partial charge in [0, 0.05) is 42.5 Å². The van der Waals surface area contributed by atoms with E-state index in [2.05, 4.69) is 10.3 Å². The molecule has 1 atom stereocenters. The predicted octanol–water partition coefficient (Wildman–Crippen LogP) is 3.88. The first kappa shape index (κ1) is 23.1. The van der Waals surface area contributed by atoms with E-state index in [-0.39, 0.29) is 24.1 Å². The quantitative estimate of drug-likeness (QED) is 0.401. The second kappa shape index (κ2) is 9.89. The number of carbonyl (C=O) groups is 1. The van der Waals surface area contributed by atoms with E-state index in [0.717, 1.165) is 11.1 Å². The van der Waals surface area contributed by atoms with Gasteiger partial charge in [0.05, 0.1) is 0 Å². The highest BCUT2D eigenvalue weighted by molar-refractivity contribution is 7.89. The van der Waals surface area contributed by atoms with Crippen molar-refractivity contribution in [2.45, 2.75) is 37.1 Å². The number of carbonyl (C=O) groups excluding carboxylic acids is 1. The van der Waals surface area contributed by atoms with Crippen molar-refractivity contribution in [3.05, 3.63) is 90.3 Å². The van der Waals surface area contributed by atoms with Crippen molar-refractivity contribution >= 4 is 26.9 Å². The number of furan rings is 1. The highest BCUT2D eigenvalue weighted by Crippen LogP contribution is 2.30. The molecule has 3 heterocycles. The van der Waals surface area contributed by atoms with Crippen molar-refractivity contribution in [2.24, 2.45) is 0 Å². The lowest BCUT2D eigenvalue weighted by Gasteiger charge is -2.22. The average Bonchev–Trinajstić information content (AvgIpc) is 3.55. The predicted molar refractivity (Wildman–Crippen MR) is 130 cm³/mol. The molecule has 1 fully saturated rings. The van der Waals surface area contributed by atoms with Crippen molar-refractivity contribution in [1.82, 2.24) is 14.6 Å². The molecule has 1 N–H and O–H groups in total.